The Kier molecular flexibility index (Phi) is 4.99. The number of morpholine rings is 1. The van der Waals surface area contributed by atoms with Crippen LogP contribution in [0.1, 0.15) is 33.3 Å². The second kappa shape index (κ2) is 7.35. The van der Waals surface area contributed by atoms with Gasteiger partial charge in [-0.1, -0.05) is 13.0 Å². The zero-order chi connectivity index (χ0) is 17.8. The van der Waals surface area contributed by atoms with E-state index in [9.17, 15) is 14.7 Å². The fraction of sp³-hybridized carbons (Fsp3) is 0.353. The molecule has 1 aliphatic heterocycles. The summed E-state index contributed by atoms with van der Waals surface area (Å²) in [7, 11) is 0. The van der Waals surface area contributed by atoms with E-state index in [1.54, 1.807) is 18.2 Å². The van der Waals surface area contributed by atoms with Crippen molar-refractivity contribution in [1.29, 1.82) is 0 Å². The molecule has 0 unspecified atom stereocenters. The van der Waals surface area contributed by atoms with Crippen LogP contribution in [0.5, 0.6) is 0 Å². The standard InChI is InChI=1S/C17H19N3O5/c1-2-11-3-4-13(12(9-11)16(22)23)18-15(21)14-10-25-17(19-14)20-5-7-24-8-6-20/h3-4,9-10H,2,5-8H2,1H3,(H,18,21)(H,22,23). The van der Waals surface area contributed by atoms with Crippen LogP contribution in [0.3, 0.4) is 0 Å². The number of rotatable bonds is 5. The largest absolute Gasteiger partial charge is 0.478 e. The molecule has 8 heteroatoms. The fourth-order valence-corrected chi connectivity index (χ4v) is 2.55. The van der Waals surface area contributed by atoms with E-state index in [-0.39, 0.29) is 16.9 Å². The number of carboxylic acid groups (broad SMARTS) is 1. The van der Waals surface area contributed by atoms with Crippen LogP contribution in [0, 0.1) is 0 Å². The normalized spacial score (nSPS) is 14.4. The van der Waals surface area contributed by atoms with Gasteiger partial charge in [-0.3, -0.25) is 4.79 Å². The first-order valence-electron chi connectivity index (χ1n) is 8.04. The second-order valence-electron chi connectivity index (χ2n) is 5.61. The summed E-state index contributed by atoms with van der Waals surface area (Å²) in [5, 5.41) is 11.9. The molecule has 0 radical (unpaired) electrons. The van der Waals surface area contributed by atoms with Gasteiger partial charge in [0.25, 0.3) is 11.9 Å². The summed E-state index contributed by atoms with van der Waals surface area (Å²) in [4.78, 5) is 29.9. The highest BCUT2D eigenvalue weighted by molar-refractivity contribution is 6.06. The van der Waals surface area contributed by atoms with Gasteiger partial charge >= 0.3 is 5.97 Å². The van der Waals surface area contributed by atoms with Gasteiger partial charge in [-0.2, -0.15) is 4.98 Å². The number of amides is 1. The lowest BCUT2D eigenvalue weighted by Gasteiger charge is -2.24. The Hall–Kier alpha value is -2.87. The zero-order valence-electron chi connectivity index (χ0n) is 13.8. The van der Waals surface area contributed by atoms with Crippen LogP contribution in [-0.4, -0.2) is 48.3 Å². The summed E-state index contributed by atoms with van der Waals surface area (Å²) in [5.74, 6) is -1.62. The molecule has 1 aliphatic rings. The number of carbonyl (C=O) groups is 2. The topological polar surface area (TPSA) is 105 Å². The third kappa shape index (κ3) is 3.80. The third-order valence-electron chi connectivity index (χ3n) is 3.98. The van der Waals surface area contributed by atoms with E-state index in [0.29, 0.717) is 38.7 Å². The minimum absolute atomic E-state index is 0.0459. The van der Waals surface area contributed by atoms with Crippen LogP contribution in [-0.2, 0) is 11.2 Å². The van der Waals surface area contributed by atoms with Gasteiger partial charge in [0.2, 0.25) is 0 Å². The Balaban J connectivity index is 1.76. The van der Waals surface area contributed by atoms with Crippen LogP contribution in [0.2, 0.25) is 0 Å². The summed E-state index contributed by atoms with van der Waals surface area (Å²) >= 11 is 0. The van der Waals surface area contributed by atoms with Crippen molar-refractivity contribution in [1.82, 2.24) is 4.98 Å². The van der Waals surface area contributed by atoms with Crippen molar-refractivity contribution in [2.75, 3.05) is 36.5 Å². The van der Waals surface area contributed by atoms with Gasteiger partial charge in [0.15, 0.2) is 5.69 Å². The minimum atomic E-state index is -1.10. The molecule has 1 aromatic carbocycles. The van der Waals surface area contributed by atoms with Crippen molar-refractivity contribution in [3.63, 3.8) is 0 Å². The smallest absolute Gasteiger partial charge is 0.337 e. The predicted octanol–water partition coefficient (Wildman–Crippen LogP) is 2.02. The number of aryl methyl sites for hydroxylation is 1. The number of carbonyl (C=O) groups excluding carboxylic acids is 1. The maximum Gasteiger partial charge on any atom is 0.337 e. The number of nitrogens with one attached hydrogen (secondary N) is 1. The van der Waals surface area contributed by atoms with Crippen LogP contribution < -0.4 is 10.2 Å². The van der Waals surface area contributed by atoms with E-state index in [0.717, 1.165) is 5.56 Å². The Morgan fingerprint density at radius 2 is 2.08 bits per heavy atom. The number of anilines is 2. The first kappa shape index (κ1) is 17.0. The van der Waals surface area contributed by atoms with Crippen molar-refractivity contribution in [2.24, 2.45) is 0 Å². The summed E-state index contributed by atoms with van der Waals surface area (Å²) in [6, 6.07) is 5.28. The molecule has 2 aromatic rings. The number of aromatic carboxylic acids is 1. The number of benzene rings is 1. The molecule has 3 rings (SSSR count). The first-order chi connectivity index (χ1) is 12.1. The molecule has 8 nitrogen and oxygen atoms in total. The summed E-state index contributed by atoms with van der Waals surface area (Å²) in [6.45, 7) is 4.37. The Morgan fingerprint density at radius 3 is 2.76 bits per heavy atom. The molecule has 1 fully saturated rings. The number of ether oxygens (including phenoxy) is 1. The SMILES string of the molecule is CCc1ccc(NC(=O)c2coc(N3CCOCC3)n2)c(C(=O)O)c1. The molecule has 0 aliphatic carbocycles. The predicted molar refractivity (Wildman–Crippen MR) is 90.3 cm³/mol. The average molecular weight is 345 g/mol. The molecule has 2 heterocycles. The highest BCUT2D eigenvalue weighted by atomic mass is 16.5. The monoisotopic (exact) mass is 345 g/mol. The third-order valence-corrected chi connectivity index (χ3v) is 3.98. The van der Waals surface area contributed by atoms with E-state index >= 15 is 0 Å². The fourth-order valence-electron chi connectivity index (χ4n) is 2.55. The van der Waals surface area contributed by atoms with Crippen molar-refractivity contribution in [3.8, 4) is 0 Å². The summed E-state index contributed by atoms with van der Waals surface area (Å²) < 4.78 is 10.6. The zero-order valence-corrected chi connectivity index (χ0v) is 13.8. The van der Waals surface area contributed by atoms with Crippen molar-refractivity contribution in [3.05, 3.63) is 41.3 Å². The lowest BCUT2D eigenvalue weighted by Crippen LogP contribution is -2.36. The molecule has 1 aromatic heterocycles. The molecule has 0 spiro atoms. The highest BCUT2D eigenvalue weighted by Crippen LogP contribution is 2.20. The second-order valence-corrected chi connectivity index (χ2v) is 5.61. The lowest BCUT2D eigenvalue weighted by atomic mass is 10.1. The van der Waals surface area contributed by atoms with Gasteiger partial charge in [-0.05, 0) is 24.1 Å². The average Bonchev–Trinajstić information content (AvgIpc) is 3.13. The quantitative estimate of drug-likeness (QED) is 0.854. The van der Waals surface area contributed by atoms with Crippen LogP contribution in [0.15, 0.2) is 28.9 Å². The van der Waals surface area contributed by atoms with Gasteiger partial charge in [0, 0.05) is 13.1 Å². The number of hydrogen-bond acceptors (Lipinski definition) is 6. The lowest BCUT2D eigenvalue weighted by molar-refractivity contribution is 0.0698. The van der Waals surface area contributed by atoms with Gasteiger partial charge in [-0.25, -0.2) is 4.79 Å². The molecule has 132 valence electrons. The molecule has 2 N–H and O–H groups in total. The highest BCUT2D eigenvalue weighted by Gasteiger charge is 2.20. The first-order valence-corrected chi connectivity index (χ1v) is 8.04. The Bertz CT molecular complexity index is 780. The molecule has 0 bridgehead atoms. The molecule has 25 heavy (non-hydrogen) atoms. The van der Waals surface area contributed by atoms with Crippen molar-refractivity contribution in [2.45, 2.75) is 13.3 Å². The molecule has 0 atom stereocenters. The number of nitrogens with zero attached hydrogens (tertiary/aromatic N) is 2. The molecule has 1 saturated heterocycles. The Morgan fingerprint density at radius 1 is 1.32 bits per heavy atom. The number of hydrogen-bond donors (Lipinski definition) is 2. The number of aromatic nitrogens is 1. The van der Waals surface area contributed by atoms with Crippen LogP contribution >= 0.6 is 0 Å². The van der Waals surface area contributed by atoms with Gasteiger partial charge < -0.3 is 24.5 Å². The van der Waals surface area contributed by atoms with E-state index in [4.69, 9.17) is 9.15 Å². The molecule has 1 amide bonds. The molecular formula is C17H19N3O5. The van der Waals surface area contributed by atoms with E-state index in [1.807, 2.05) is 11.8 Å². The van der Waals surface area contributed by atoms with Crippen molar-refractivity contribution < 1.29 is 23.8 Å². The van der Waals surface area contributed by atoms with E-state index in [2.05, 4.69) is 10.3 Å². The number of oxazole rings is 1. The van der Waals surface area contributed by atoms with Crippen LogP contribution in [0.4, 0.5) is 11.7 Å². The molecular weight excluding hydrogens is 326 g/mol. The van der Waals surface area contributed by atoms with Gasteiger partial charge in [0.1, 0.15) is 6.26 Å². The Labute approximate surface area is 144 Å². The summed E-state index contributed by atoms with van der Waals surface area (Å²) in [5.41, 5.74) is 1.25. The van der Waals surface area contributed by atoms with Crippen LogP contribution in [0.25, 0.3) is 0 Å². The summed E-state index contributed by atoms with van der Waals surface area (Å²) in [6.07, 6.45) is 1.97. The van der Waals surface area contributed by atoms with E-state index < -0.39 is 11.9 Å². The minimum Gasteiger partial charge on any atom is -0.478 e. The van der Waals surface area contributed by atoms with E-state index in [1.165, 1.54) is 6.26 Å². The maximum absolute atomic E-state index is 12.4. The van der Waals surface area contributed by atoms with Gasteiger partial charge in [-0.15, -0.1) is 0 Å². The maximum atomic E-state index is 12.4. The van der Waals surface area contributed by atoms with Crippen molar-refractivity contribution >= 4 is 23.6 Å². The molecule has 0 saturated carbocycles. The number of carboxylic acids is 1. The van der Waals surface area contributed by atoms with Gasteiger partial charge in [0.05, 0.1) is 24.5 Å².